The molecule has 1 aromatic rings. The first-order valence-electron chi connectivity index (χ1n) is 6.17. The SMILES string of the molecule is CC(C)COC(=O)N(C)Cc1cc(C#CCN)cs1. The minimum Gasteiger partial charge on any atom is -0.449 e. The van der Waals surface area contributed by atoms with Crippen molar-refractivity contribution < 1.29 is 9.53 Å². The van der Waals surface area contributed by atoms with Crippen LogP contribution in [0.25, 0.3) is 0 Å². The van der Waals surface area contributed by atoms with E-state index in [4.69, 9.17) is 10.5 Å². The van der Waals surface area contributed by atoms with E-state index in [-0.39, 0.29) is 6.09 Å². The van der Waals surface area contributed by atoms with Gasteiger partial charge in [0.2, 0.25) is 0 Å². The van der Waals surface area contributed by atoms with E-state index < -0.39 is 0 Å². The number of ether oxygens (including phenoxy) is 1. The number of nitrogens with zero attached hydrogens (tertiary/aromatic N) is 1. The second kappa shape index (κ2) is 7.82. The lowest BCUT2D eigenvalue weighted by molar-refractivity contribution is 0.0983. The van der Waals surface area contributed by atoms with Gasteiger partial charge in [-0.05, 0) is 12.0 Å². The molecule has 0 aliphatic carbocycles. The molecule has 0 radical (unpaired) electrons. The summed E-state index contributed by atoms with van der Waals surface area (Å²) in [6.07, 6.45) is -0.295. The number of amides is 1. The van der Waals surface area contributed by atoms with Crippen LogP contribution in [0.3, 0.4) is 0 Å². The van der Waals surface area contributed by atoms with Crippen LogP contribution in [0.2, 0.25) is 0 Å². The largest absolute Gasteiger partial charge is 0.449 e. The monoisotopic (exact) mass is 280 g/mol. The van der Waals surface area contributed by atoms with Gasteiger partial charge in [0.25, 0.3) is 0 Å². The lowest BCUT2D eigenvalue weighted by atomic mass is 10.2. The van der Waals surface area contributed by atoms with Crippen molar-refractivity contribution in [2.45, 2.75) is 20.4 Å². The summed E-state index contributed by atoms with van der Waals surface area (Å²) in [6, 6.07) is 1.97. The summed E-state index contributed by atoms with van der Waals surface area (Å²) in [5, 5.41) is 1.96. The average molecular weight is 280 g/mol. The Morgan fingerprint density at radius 2 is 2.32 bits per heavy atom. The molecule has 19 heavy (non-hydrogen) atoms. The van der Waals surface area contributed by atoms with E-state index >= 15 is 0 Å². The molecule has 2 N–H and O–H groups in total. The Hall–Kier alpha value is -1.51. The zero-order valence-corrected chi connectivity index (χ0v) is 12.4. The predicted molar refractivity (Wildman–Crippen MR) is 77.9 cm³/mol. The van der Waals surface area contributed by atoms with Gasteiger partial charge in [-0.15, -0.1) is 11.3 Å². The van der Waals surface area contributed by atoms with E-state index in [1.165, 1.54) is 0 Å². The lowest BCUT2D eigenvalue weighted by Crippen LogP contribution is -2.27. The van der Waals surface area contributed by atoms with Gasteiger partial charge >= 0.3 is 6.09 Å². The fraction of sp³-hybridized carbons (Fsp3) is 0.500. The zero-order chi connectivity index (χ0) is 14.3. The third-order valence-electron chi connectivity index (χ3n) is 2.23. The summed E-state index contributed by atoms with van der Waals surface area (Å²) in [5.74, 6) is 6.12. The van der Waals surface area contributed by atoms with Gasteiger partial charge in [-0.25, -0.2) is 4.79 Å². The van der Waals surface area contributed by atoms with E-state index in [1.807, 2.05) is 25.3 Å². The van der Waals surface area contributed by atoms with Gasteiger partial charge in [0.1, 0.15) is 0 Å². The number of hydrogen-bond acceptors (Lipinski definition) is 4. The van der Waals surface area contributed by atoms with E-state index in [0.717, 1.165) is 10.4 Å². The van der Waals surface area contributed by atoms with E-state index in [0.29, 0.717) is 25.6 Å². The second-order valence-electron chi connectivity index (χ2n) is 4.63. The van der Waals surface area contributed by atoms with Crippen molar-refractivity contribution in [1.82, 2.24) is 4.90 Å². The summed E-state index contributed by atoms with van der Waals surface area (Å²) >= 11 is 1.58. The van der Waals surface area contributed by atoms with Crippen LogP contribution in [0, 0.1) is 17.8 Å². The van der Waals surface area contributed by atoms with Gasteiger partial charge in [-0.2, -0.15) is 0 Å². The Kier molecular flexibility index (Phi) is 6.40. The Bertz CT molecular complexity index is 471. The fourth-order valence-electron chi connectivity index (χ4n) is 1.33. The molecule has 1 aromatic heterocycles. The average Bonchev–Trinajstić information content (AvgIpc) is 2.80. The molecule has 0 aromatic carbocycles. The van der Waals surface area contributed by atoms with E-state index in [1.54, 1.807) is 23.3 Å². The van der Waals surface area contributed by atoms with Crippen LogP contribution in [0.4, 0.5) is 4.79 Å². The molecule has 0 atom stereocenters. The van der Waals surface area contributed by atoms with Gasteiger partial charge in [0.15, 0.2) is 0 Å². The van der Waals surface area contributed by atoms with E-state index in [2.05, 4.69) is 11.8 Å². The minimum absolute atomic E-state index is 0.295. The highest BCUT2D eigenvalue weighted by Gasteiger charge is 2.12. The quantitative estimate of drug-likeness (QED) is 0.861. The van der Waals surface area contributed by atoms with Crippen LogP contribution in [0.15, 0.2) is 11.4 Å². The number of carbonyl (C=O) groups is 1. The lowest BCUT2D eigenvalue weighted by Gasteiger charge is -2.16. The minimum atomic E-state index is -0.295. The summed E-state index contributed by atoms with van der Waals surface area (Å²) in [7, 11) is 1.73. The van der Waals surface area contributed by atoms with Crippen LogP contribution in [0.1, 0.15) is 24.3 Å². The molecule has 104 valence electrons. The fourth-order valence-corrected chi connectivity index (χ4v) is 2.20. The van der Waals surface area contributed by atoms with Crippen LogP contribution in [-0.4, -0.2) is 31.2 Å². The van der Waals surface area contributed by atoms with Crippen molar-refractivity contribution in [3.05, 3.63) is 21.9 Å². The maximum absolute atomic E-state index is 11.7. The standard InChI is InChI=1S/C14H20N2O2S/c1-11(2)9-18-14(17)16(3)8-13-7-12(10-19-13)5-4-6-15/h7,10-11H,6,8-9,15H2,1-3H3. The number of hydrogen-bond donors (Lipinski definition) is 1. The van der Waals surface area contributed by atoms with E-state index in [9.17, 15) is 4.79 Å². The number of thiophene rings is 1. The molecule has 0 unspecified atom stereocenters. The smallest absolute Gasteiger partial charge is 0.409 e. The molecule has 0 spiro atoms. The van der Waals surface area contributed by atoms with Crippen LogP contribution in [0.5, 0.6) is 0 Å². The summed E-state index contributed by atoms with van der Waals surface area (Å²) < 4.78 is 5.16. The molecule has 0 fully saturated rings. The molecule has 0 aliphatic rings. The molecule has 4 nitrogen and oxygen atoms in total. The third kappa shape index (κ3) is 5.77. The molecule has 0 aliphatic heterocycles. The highest BCUT2D eigenvalue weighted by molar-refractivity contribution is 7.10. The Balaban J connectivity index is 2.49. The number of rotatable bonds is 4. The predicted octanol–water partition coefficient (Wildman–Crippen LogP) is 2.28. The van der Waals surface area contributed by atoms with Gasteiger partial charge in [-0.3, -0.25) is 0 Å². The maximum Gasteiger partial charge on any atom is 0.409 e. The normalized spacial score (nSPS) is 9.95. The first-order valence-corrected chi connectivity index (χ1v) is 7.05. The number of carbonyl (C=O) groups excluding carboxylic acids is 1. The highest BCUT2D eigenvalue weighted by atomic mass is 32.1. The van der Waals surface area contributed by atoms with Gasteiger partial charge < -0.3 is 15.4 Å². The van der Waals surface area contributed by atoms with Crippen molar-refractivity contribution in [2.24, 2.45) is 11.7 Å². The highest BCUT2D eigenvalue weighted by Crippen LogP contribution is 2.16. The van der Waals surface area contributed by atoms with Crippen LogP contribution < -0.4 is 5.73 Å². The summed E-state index contributed by atoms with van der Waals surface area (Å²) in [5.41, 5.74) is 6.26. The Labute approximate surface area is 118 Å². The van der Waals surface area contributed by atoms with Crippen molar-refractivity contribution in [3.8, 4) is 11.8 Å². The number of nitrogens with two attached hydrogens (primary N) is 1. The molecule has 5 heteroatoms. The summed E-state index contributed by atoms with van der Waals surface area (Å²) in [6.45, 7) is 5.35. The molecule has 0 saturated heterocycles. The van der Waals surface area contributed by atoms with Crippen LogP contribution >= 0.6 is 11.3 Å². The zero-order valence-electron chi connectivity index (χ0n) is 11.6. The first kappa shape index (κ1) is 15.5. The molecule has 0 saturated carbocycles. The molecular formula is C14H20N2O2S. The molecule has 0 bridgehead atoms. The third-order valence-corrected chi connectivity index (χ3v) is 3.15. The summed E-state index contributed by atoms with van der Waals surface area (Å²) in [4.78, 5) is 14.3. The van der Waals surface area contributed by atoms with Gasteiger partial charge in [-0.1, -0.05) is 25.7 Å². The second-order valence-corrected chi connectivity index (χ2v) is 5.63. The molecule has 1 heterocycles. The molecule has 1 rings (SSSR count). The molecular weight excluding hydrogens is 260 g/mol. The van der Waals surface area contributed by atoms with Crippen molar-refractivity contribution >= 4 is 17.4 Å². The van der Waals surface area contributed by atoms with Gasteiger partial charge in [0, 0.05) is 22.9 Å². The molecule has 1 amide bonds. The van der Waals surface area contributed by atoms with Gasteiger partial charge in [0.05, 0.1) is 19.7 Å². The topological polar surface area (TPSA) is 55.6 Å². The Morgan fingerprint density at radius 3 is 2.95 bits per heavy atom. The van der Waals surface area contributed by atoms with Crippen molar-refractivity contribution in [3.63, 3.8) is 0 Å². The van der Waals surface area contributed by atoms with Crippen molar-refractivity contribution in [1.29, 1.82) is 0 Å². The maximum atomic E-state index is 11.7. The van der Waals surface area contributed by atoms with Crippen molar-refractivity contribution in [2.75, 3.05) is 20.2 Å². The Morgan fingerprint density at radius 1 is 1.58 bits per heavy atom. The first-order chi connectivity index (χ1) is 9.02. The van der Waals surface area contributed by atoms with Crippen LogP contribution in [-0.2, 0) is 11.3 Å².